The first-order valence-electron chi connectivity index (χ1n) is 6.79. The van der Waals surface area contributed by atoms with E-state index in [1.165, 1.54) is 12.1 Å². The molecule has 0 heterocycles. The van der Waals surface area contributed by atoms with Gasteiger partial charge in [0.05, 0.1) is 6.33 Å². The summed E-state index contributed by atoms with van der Waals surface area (Å²) < 4.78 is 30.6. The van der Waals surface area contributed by atoms with E-state index in [0.717, 1.165) is 5.56 Å². The second kappa shape index (κ2) is 7.76. The highest BCUT2D eigenvalue weighted by Gasteiger charge is 2.15. The molecule has 0 spiro atoms. The van der Waals surface area contributed by atoms with Crippen LogP contribution < -0.4 is 5.32 Å². The Labute approximate surface area is 124 Å². The highest BCUT2D eigenvalue weighted by Crippen LogP contribution is 2.11. The van der Waals surface area contributed by atoms with Crippen LogP contribution in [0, 0.1) is 5.82 Å². The van der Waals surface area contributed by atoms with Crippen molar-refractivity contribution in [1.29, 1.82) is 0 Å². The Balaban J connectivity index is 2.39. The number of rotatable bonds is 5. The SMILES string of the molecule is CC(C)(C)OC(=O)NCC(=CF)CCc1ccc(F)cc1. The Bertz CT molecular complexity index is 490. The normalized spacial score (nSPS) is 12.1. The summed E-state index contributed by atoms with van der Waals surface area (Å²) in [7, 11) is 0. The molecule has 1 amide bonds. The van der Waals surface area contributed by atoms with Crippen LogP contribution in [-0.4, -0.2) is 18.2 Å². The fourth-order valence-corrected chi connectivity index (χ4v) is 1.64. The van der Waals surface area contributed by atoms with E-state index in [9.17, 15) is 13.6 Å². The lowest BCUT2D eigenvalue weighted by Crippen LogP contribution is -2.33. The molecule has 0 bridgehead atoms. The lowest BCUT2D eigenvalue weighted by molar-refractivity contribution is 0.0532. The number of halogens is 2. The minimum Gasteiger partial charge on any atom is -0.444 e. The highest BCUT2D eigenvalue weighted by molar-refractivity contribution is 5.68. The van der Waals surface area contributed by atoms with Crippen LogP contribution in [0.4, 0.5) is 13.6 Å². The number of amides is 1. The van der Waals surface area contributed by atoms with Crippen LogP contribution in [-0.2, 0) is 11.2 Å². The maximum absolute atomic E-state index is 12.8. The van der Waals surface area contributed by atoms with Crippen LogP contribution in [0.3, 0.4) is 0 Å². The van der Waals surface area contributed by atoms with Crippen molar-refractivity contribution in [2.75, 3.05) is 6.54 Å². The van der Waals surface area contributed by atoms with Crippen molar-refractivity contribution in [1.82, 2.24) is 5.32 Å². The van der Waals surface area contributed by atoms with Crippen molar-refractivity contribution in [2.24, 2.45) is 0 Å². The van der Waals surface area contributed by atoms with E-state index in [1.54, 1.807) is 32.9 Å². The predicted molar refractivity (Wildman–Crippen MR) is 78.1 cm³/mol. The van der Waals surface area contributed by atoms with Crippen molar-refractivity contribution in [3.8, 4) is 0 Å². The zero-order chi connectivity index (χ0) is 15.9. The van der Waals surface area contributed by atoms with Gasteiger partial charge in [0, 0.05) is 6.54 Å². The highest BCUT2D eigenvalue weighted by atomic mass is 19.1. The molecule has 0 saturated carbocycles. The Kier molecular flexibility index (Phi) is 6.34. The molecule has 1 rings (SSSR count). The lowest BCUT2D eigenvalue weighted by Gasteiger charge is -2.20. The molecule has 0 radical (unpaired) electrons. The van der Waals surface area contributed by atoms with E-state index in [4.69, 9.17) is 4.74 Å². The minimum absolute atomic E-state index is 0.0899. The molecular formula is C16H21F2NO2. The van der Waals surface area contributed by atoms with Crippen LogP contribution in [0.25, 0.3) is 0 Å². The molecule has 0 aromatic heterocycles. The van der Waals surface area contributed by atoms with Crippen LogP contribution in [0.15, 0.2) is 36.2 Å². The number of hydrogen-bond acceptors (Lipinski definition) is 2. The van der Waals surface area contributed by atoms with Gasteiger partial charge in [-0.3, -0.25) is 0 Å². The Hall–Kier alpha value is -1.91. The summed E-state index contributed by atoms with van der Waals surface area (Å²) in [6.07, 6.45) is 0.925. The third kappa shape index (κ3) is 7.44. The number of aryl methyl sites for hydroxylation is 1. The van der Waals surface area contributed by atoms with Crippen LogP contribution in [0.2, 0.25) is 0 Å². The average molecular weight is 297 g/mol. The predicted octanol–water partition coefficient (Wildman–Crippen LogP) is 4.14. The Morgan fingerprint density at radius 2 is 1.90 bits per heavy atom. The Morgan fingerprint density at radius 1 is 1.29 bits per heavy atom. The molecule has 0 atom stereocenters. The minimum atomic E-state index is -0.586. The number of hydrogen-bond donors (Lipinski definition) is 1. The number of carbonyl (C=O) groups excluding carboxylic acids is 1. The zero-order valence-corrected chi connectivity index (χ0v) is 12.6. The van der Waals surface area contributed by atoms with E-state index in [-0.39, 0.29) is 12.4 Å². The number of alkyl carbamates (subject to hydrolysis) is 1. The third-order valence-corrected chi connectivity index (χ3v) is 2.66. The molecule has 0 fully saturated rings. The molecular weight excluding hydrogens is 276 g/mol. The molecule has 116 valence electrons. The number of carbonyl (C=O) groups is 1. The van der Waals surface area contributed by atoms with Gasteiger partial charge in [-0.15, -0.1) is 0 Å². The fourth-order valence-electron chi connectivity index (χ4n) is 1.64. The summed E-state index contributed by atoms with van der Waals surface area (Å²) in [4.78, 5) is 11.5. The van der Waals surface area contributed by atoms with Gasteiger partial charge in [-0.25, -0.2) is 13.6 Å². The first kappa shape index (κ1) is 17.1. The summed E-state index contributed by atoms with van der Waals surface area (Å²) >= 11 is 0. The molecule has 0 aliphatic carbocycles. The summed E-state index contributed by atoms with van der Waals surface area (Å²) in [5, 5.41) is 2.51. The first-order chi connectivity index (χ1) is 9.80. The van der Waals surface area contributed by atoms with Crippen molar-refractivity contribution < 1.29 is 18.3 Å². The van der Waals surface area contributed by atoms with Gasteiger partial charge in [0.2, 0.25) is 0 Å². The summed E-state index contributed by atoms with van der Waals surface area (Å²) in [5.41, 5.74) is 0.774. The van der Waals surface area contributed by atoms with Crippen LogP contribution >= 0.6 is 0 Å². The zero-order valence-electron chi connectivity index (χ0n) is 12.6. The average Bonchev–Trinajstić information content (AvgIpc) is 2.39. The van der Waals surface area contributed by atoms with E-state index >= 15 is 0 Å². The Morgan fingerprint density at radius 3 is 2.43 bits per heavy atom. The van der Waals surface area contributed by atoms with Gasteiger partial charge in [-0.2, -0.15) is 0 Å². The molecule has 0 aliphatic rings. The van der Waals surface area contributed by atoms with Crippen molar-refractivity contribution >= 4 is 6.09 Å². The standard InChI is InChI=1S/C16H21F2NO2/c1-16(2,3)21-15(20)19-11-13(10-17)5-4-12-6-8-14(18)9-7-12/h6-10H,4-5,11H2,1-3H3,(H,19,20). The topological polar surface area (TPSA) is 38.3 Å². The lowest BCUT2D eigenvalue weighted by atomic mass is 10.1. The molecule has 21 heavy (non-hydrogen) atoms. The quantitative estimate of drug-likeness (QED) is 0.887. The largest absolute Gasteiger partial charge is 0.444 e. The molecule has 1 aromatic carbocycles. The van der Waals surface area contributed by atoms with Gasteiger partial charge in [-0.05, 0) is 56.9 Å². The number of nitrogens with one attached hydrogen (secondary N) is 1. The molecule has 5 heteroatoms. The molecule has 0 saturated heterocycles. The van der Waals surface area contributed by atoms with Crippen molar-refractivity contribution in [3.63, 3.8) is 0 Å². The van der Waals surface area contributed by atoms with Gasteiger partial charge in [0.1, 0.15) is 11.4 Å². The maximum Gasteiger partial charge on any atom is 0.407 e. The summed E-state index contributed by atoms with van der Waals surface area (Å²) in [6.45, 7) is 5.36. The summed E-state index contributed by atoms with van der Waals surface area (Å²) in [5.74, 6) is -0.299. The summed E-state index contributed by atoms with van der Waals surface area (Å²) in [6, 6.07) is 6.05. The first-order valence-corrected chi connectivity index (χ1v) is 6.79. The van der Waals surface area contributed by atoms with Crippen LogP contribution in [0.1, 0.15) is 32.8 Å². The van der Waals surface area contributed by atoms with E-state index < -0.39 is 11.7 Å². The monoisotopic (exact) mass is 297 g/mol. The second-order valence-electron chi connectivity index (χ2n) is 5.75. The fraction of sp³-hybridized carbons (Fsp3) is 0.438. The van der Waals surface area contributed by atoms with Gasteiger partial charge in [0.25, 0.3) is 0 Å². The number of ether oxygens (including phenoxy) is 1. The van der Waals surface area contributed by atoms with Gasteiger partial charge < -0.3 is 10.1 Å². The molecule has 0 aliphatic heterocycles. The molecule has 1 aromatic rings. The molecule has 3 nitrogen and oxygen atoms in total. The van der Waals surface area contributed by atoms with E-state index in [2.05, 4.69) is 5.32 Å². The van der Waals surface area contributed by atoms with Gasteiger partial charge in [-0.1, -0.05) is 12.1 Å². The van der Waals surface area contributed by atoms with E-state index in [1.807, 2.05) is 0 Å². The van der Waals surface area contributed by atoms with Gasteiger partial charge in [0.15, 0.2) is 0 Å². The smallest absolute Gasteiger partial charge is 0.407 e. The molecule has 1 N–H and O–H groups in total. The van der Waals surface area contributed by atoms with Crippen LogP contribution in [0.5, 0.6) is 0 Å². The van der Waals surface area contributed by atoms with Crippen molar-refractivity contribution in [2.45, 2.75) is 39.2 Å². The van der Waals surface area contributed by atoms with Gasteiger partial charge >= 0.3 is 6.09 Å². The van der Waals surface area contributed by atoms with Crippen molar-refractivity contribution in [3.05, 3.63) is 47.5 Å². The second-order valence-corrected chi connectivity index (χ2v) is 5.75. The molecule has 0 unspecified atom stereocenters. The van der Waals surface area contributed by atoms with E-state index in [0.29, 0.717) is 24.7 Å². The maximum atomic E-state index is 12.8. The third-order valence-electron chi connectivity index (χ3n) is 2.66. The number of benzene rings is 1.